The average Bonchev–Trinajstić information content (AvgIpc) is 2.46. The normalized spacial score (nSPS) is 12.7. The summed E-state index contributed by atoms with van der Waals surface area (Å²) in [5.41, 5.74) is -1.43. The summed E-state index contributed by atoms with van der Waals surface area (Å²) in [5.74, 6) is -1.60. The van der Waals surface area contributed by atoms with Gasteiger partial charge in [-0.3, -0.25) is 10.1 Å². The van der Waals surface area contributed by atoms with Crippen molar-refractivity contribution in [1.29, 1.82) is 0 Å². The average molecular weight is 345 g/mol. The molecule has 1 rings (SSSR count). The number of nitrogens with one attached hydrogen (secondary N) is 1. The Bertz CT molecular complexity index is 663. The summed E-state index contributed by atoms with van der Waals surface area (Å²) < 4.78 is 41.8. The Morgan fingerprint density at radius 1 is 1.25 bits per heavy atom. The molecule has 0 fully saturated rings. The van der Waals surface area contributed by atoms with Gasteiger partial charge in [-0.1, -0.05) is 0 Å². The Hall–Kier alpha value is -2.91. The van der Waals surface area contributed by atoms with Crippen LogP contribution < -0.4 is 5.32 Å². The molecule has 0 saturated carbocycles. The third-order valence-corrected chi connectivity index (χ3v) is 2.51. The van der Waals surface area contributed by atoms with Gasteiger partial charge < -0.3 is 9.84 Å². The Morgan fingerprint density at radius 3 is 2.29 bits per heavy atom. The molecule has 1 aromatic rings. The van der Waals surface area contributed by atoms with E-state index in [1.165, 1.54) is 6.92 Å². The van der Waals surface area contributed by atoms with E-state index in [2.05, 4.69) is 15.0 Å². The van der Waals surface area contributed by atoms with Crippen LogP contribution in [0.3, 0.4) is 0 Å². The molecule has 0 heterocycles. The van der Waals surface area contributed by atoms with Gasteiger partial charge in [-0.15, -0.1) is 5.11 Å². The second kappa shape index (κ2) is 8.09. The van der Waals surface area contributed by atoms with Crippen LogP contribution >= 0.6 is 0 Å². The van der Waals surface area contributed by atoms with Crippen molar-refractivity contribution in [1.82, 2.24) is 5.32 Å². The number of carbonyl (C=O) groups excluding carboxylic acids is 2. The molecule has 0 bridgehead atoms. The third-order valence-electron chi connectivity index (χ3n) is 2.51. The maximum Gasteiger partial charge on any atom is 0.416 e. The number of aliphatic hydroxyl groups excluding tert-OH is 1. The number of imide groups is 1. The van der Waals surface area contributed by atoms with Crippen molar-refractivity contribution in [2.45, 2.75) is 20.0 Å². The first kappa shape index (κ1) is 19.1. The van der Waals surface area contributed by atoms with Crippen LogP contribution in [0.1, 0.15) is 19.4 Å². The largest absolute Gasteiger partial charge is 0.510 e. The van der Waals surface area contributed by atoms with Crippen molar-refractivity contribution >= 4 is 17.7 Å². The third kappa shape index (κ3) is 5.71. The van der Waals surface area contributed by atoms with E-state index in [9.17, 15) is 27.9 Å². The van der Waals surface area contributed by atoms with Crippen molar-refractivity contribution in [3.63, 3.8) is 0 Å². The molecular formula is C14H14F3N3O4. The number of nitrogens with zero attached hydrogens (tertiary/aromatic N) is 2. The highest BCUT2D eigenvalue weighted by Crippen LogP contribution is 2.30. The number of benzene rings is 1. The predicted octanol–water partition coefficient (Wildman–Crippen LogP) is 3.85. The number of amides is 2. The van der Waals surface area contributed by atoms with Gasteiger partial charge in [0, 0.05) is 0 Å². The van der Waals surface area contributed by atoms with Crippen LogP contribution in [0.2, 0.25) is 0 Å². The second-order valence-electron chi connectivity index (χ2n) is 4.35. The van der Waals surface area contributed by atoms with Crippen LogP contribution in [0.4, 0.5) is 23.7 Å². The quantitative estimate of drug-likeness (QED) is 0.492. The molecule has 0 aromatic heterocycles. The molecule has 7 nitrogen and oxygen atoms in total. The summed E-state index contributed by atoms with van der Waals surface area (Å²) in [6.07, 6.45) is -5.52. The molecular weight excluding hydrogens is 331 g/mol. The van der Waals surface area contributed by atoms with E-state index in [0.29, 0.717) is 0 Å². The fraction of sp³-hybridized carbons (Fsp3) is 0.286. The number of aliphatic hydroxyl groups is 1. The standard InChI is InChI=1S/C14H14F3N3O4/c1-3-24-13(23)18-12(22)11(8(2)21)20-19-10-6-4-9(5-7-10)14(15,16)17/h4-7,21H,3H2,1-2H3,(H,18,22,23)/b11-8+,20-19?. The highest BCUT2D eigenvalue weighted by Gasteiger charge is 2.29. The number of alkyl halides is 3. The zero-order valence-electron chi connectivity index (χ0n) is 12.7. The minimum Gasteiger partial charge on any atom is -0.510 e. The van der Waals surface area contributed by atoms with Crippen LogP contribution in [0.25, 0.3) is 0 Å². The summed E-state index contributed by atoms with van der Waals surface area (Å²) in [5, 5.41) is 18.2. The Kier molecular flexibility index (Phi) is 6.45. The summed E-state index contributed by atoms with van der Waals surface area (Å²) in [6, 6.07) is 3.67. The number of halogens is 3. The lowest BCUT2D eigenvalue weighted by Gasteiger charge is -2.06. The second-order valence-corrected chi connectivity index (χ2v) is 4.35. The van der Waals surface area contributed by atoms with E-state index in [1.807, 2.05) is 5.32 Å². The molecule has 0 aliphatic carbocycles. The highest BCUT2D eigenvalue weighted by atomic mass is 19.4. The number of rotatable bonds is 4. The molecule has 24 heavy (non-hydrogen) atoms. The van der Waals surface area contributed by atoms with E-state index >= 15 is 0 Å². The van der Waals surface area contributed by atoms with Crippen molar-refractivity contribution in [2.24, 2.45) is 10.2 Å². The van der Waals surface area contributed by atoms with Crippen molar-refractivity contribution < 1.29 is 32.6 Å². The Labute approximate surface area is 134 Å². The van der Waals surface area contributed by atoms with Crippen molar-refractivity contribution in [3.8, 4) is 0 Å². The number of carbonyl (C=O) groups is 2. The molecule has 1 aromatic carbocycles. The number of ether oxygens (including phenoxy) is 1. The van der Waals surface area contributed by atoms with Crippen LogP contribution in [0, 0.1) is 0 Å². The first-order chi connectivity index (χ1) is 11.1. The summed E-state index contributed by atoms with van der Waals surface area (Å²) in [6.45, 7) is 2.69. The van der Waals surface area contributed by atoms with Gasteiger partial charge in [-0.2, -0.15) is 18.3 Å². The van der Waals surface area contributed by atoms with Crippen molar-refractivity contribution in [3.05, 3.63) is 41.3 Å². The molecule has 0 radical (unpaired) electrons. The topological polar surface area (TPSA) is 100 Å². The molecule has 10 heteroatoms. The number of hydrogen-bond donors (Lipinski definition) is 2. The van der Waals surface area contributed by atoms with Gasteiger partial charge in [0.05, 0.1) is 17.9 Å². The number of azo groups is 1. The number of hydrogen-bond acceptors (Lipinski definition) is 6. The summed E-state index contributed by atoms with van der Waals surface area (Å²) >= 11 is 0. The van der Waals surface area contributed by atoms with E-state index < -0.39 is 35.2 Å². The monoisotopic (exact) mass is 345 g/mol. The highest BCUT2D eigenvalue weighted by molar-refractivity contribution is 6.02. The molecule has 2 N–H and O–H groups in total. The van der Waals surface area contributed by atoms with Crippen LogP contribution in [0.15, 0.2) is 46.0 Å². The fourth-order valence-electron chi connectivity index (χ4n) is 1.43. The Morgan fingerprint density at radius 2 is 1.83 bits per heavy atom. The Balaban J connectivity index is 2.90. The molecule has 130 valence electrons. The lowest BCUT2D eigenvalue weighted by atomic mass is 10.2. The smallest absolute Gasteiger partial charge is 0.416 e. The van der Waals surface area contributed by atoms with E-state index in [1.54, 1.807) is 0 Å². The fourth-order valence-corrected chi connectivity index (χ4v) is 1.43. The van der Waals surface area contributed by atoms with Gasteiger partial charge in [0.15, 0.2) is 5.70 Å². The van der Waals surface area contributed by atoms with Gasteiger partial charge in [0.1, 0.15) is 5.76 Å². The molecule has 0 aliphatic heterocycles. The molecule has 0 aliphatic rings. The minimum atomic E-state index is -4.48. The minimum absolute atomic E-state index is 0.0192. The zero-order valence-corrected chi connectivity index (χ0v) is 12.7. The van der Waals surface area contributed by atoms with E-state index in [-0.39, 0.29) is 12.3 Å². The molecule has 2 amide bonds. The van der Waals surface area contributed by atoms with Gasteiger partial charge in [0.2, 0.25) is 0 Å². The van der Waals surface area contributed by atoms with Gasteiger partial charge >= 0.3 is 12.3 Å². The van der Waals surface area contributed by atoms with Crippen LogP contribution in [-0.4, -0.2) is 23.7 Å². The van der Waals surface area contributed by atoms with E-state index in [4.69, 9.17) is 0 Å². The van der Waals surface area contributed by atoms with Gasteiger partial charge in [-0.05, 0) is 38.1 Å². The van der Waals surface area contributed by atoms with Crippen LogP contribution in [0.5, 0.6) is 0 Å². The van der Waals surface area contributed by atoms with Crippen LogP contribution in [-0.2, 0) is 15.7 Å². The number of alkyl carbamates (subject to hydrolysis) is 1. The molecule has 0 atom stereocenters. The first-order valence-electron chi connectivity index (χ1n) is 6.62. The lowest BCUT2D eigenvalue weighted by molar-refractivity contribution is -0.137. The maximum atomic E-state index is 12.4. The van der Waals surface area contributed by atoms with E-state index in [0.717, 1.165) is 31.2 Å². The molecule has 0 spiro atoms. The zero-order chi connectivity index (χ0) is 18.3. The predicted molar refractivity (Wildman–Crippen MR) is 76.5 cm³/mol. The first-order valence-corrected chi connectivity index (χ1v) is 6.62. The maximum absolute atomic E-state index is 12.4. The van der Waals surface area contributed by atoms with Gasteiger partial charge in [-0.25, -0.2) is 4.79 Å². The molecule has 0 unspecified atom stereocenters. The van der Waals surface area contributed by atoms with Gasteiger partial charge in [0.25, 0.3) is 5.91 Å². The lowest BCUT2D eigenvalue weighted by Crippen LogP contribution is -2.32. The number of allylic oxidation sites excluding steroid dienone is 1. The summed E-state index contributed by atoms with van der Waals surface area (Å²) in [4.78, 5) is 22.9. The SMILES string of the molecule is CCOC(=O)NC(=O)/C(N=Nc1ccc(C(F)(F)F)cc1)=C(/C)O. The summed E-state index contributed by atoms with van der Waals surface area (Å²) in [7, 11) is 0. The van der Waals surface area contributed by atoms with Crippen molar-refractivity contribution in [2.75, 3.05) is 6.61 Å². The molecule has 0 saturated heterocycles.